The fraction of sp³-hybridized carbons (Fsp3) is 0.235. The number of hydrogen-bond acceptors (Lipinski definition) is 6. The van der Waals surface area contributed by atoms with Gasteiger partial charge in [0.25, 0.3) is 5.91 Å². The van der Waals surface area contributed by atoms with Crippen molar-refractivity contribution < 1.29 is 28.2 Å². The van der Waals surface area contributed by atoms with Crippen LogP contribution < -0.4 is 15.6 Å². The van der Waals surface area contributed by atoms with Gasteiger partial charge in [-0.3, -0.25) is 10.2 Å². The normalized spacial score (nSPS) is 17.4. The first-order chi connectivity index (χ1) is 21.8. The maximum Gasteiger partial charge on any atom is 0.266 e. The second kappa shape index (κ2) is 14.8. The minimum Gasteiger partial charge on any atom is -0.494 e. The molecule has 1 aliphatic heterocycles. The molecule has 0 bridgehead atoms. The maximum atomic E-state index is 14.2. The van der Waals surface area contributed by atoms with E-state index in [1.165, 1.54) is 12.1 Å². The van der Waals surface area contributed by atoms with E-state index in [1.54, 1.807) is 42.5 Å². The number of aliphatic hydroxyl groups excluding tert-OH is 1. The molecule has 3 N–H and O–H groups in total. The summed E-state index contributed by atoms with van der Waals surface area (Å²) in [7, 11) is 0. The summed E-state index contributed by atoms with van der Waals surface area (Å²) in [6.07, 6.45) is -0.0284. The third-order valence-corrected chi connectivity index (χ3v) is 7.82. The topological polar surface area (TPSA) is 92.2 Å². The van der Waals surface area contributed by atoms with Gasteiger partial charge in [-0.15, -0.1) is 0 Å². The van der Waals surface area contributed by atoms with Crippen molar-refractivity contribution in [1.29, 1.82) is 0 Å². The molecule has 234 valence electrons. The molecule has 0 radical (unpaired) electrons. The fourth-order valence-corrected chi connectivity index (χ4v) is 5.60. The van der Waals surface area contributed by atoms with E-state index in [0.29, 0.717) is 45.5 Å². The fourth-order valence-electron chi connectivity index (χ4n) is 5.09. The number of carbonyl (C=O) groups excluding carboxylic acids is 1. The number of aliphatic imine (C=N–C) groups is 1. The Balaban J connectivity index is 1.48. The molecule has 0 saturated carbocycles. The lowest BCUT2D eigenvalue weighted by Crippen LogP contribution is -2.54. The second-order valence-corrected chi connectivity index (χ2v) is 11.4. The lowest BCUT2D eigenvalue weighted by atomic mass is 9.82. The van der Waals surface area contributed by atoms with Gasteiger partial charge >= 0.3 is 0 Å². The molecule has 4 aromatic rings. The number of halogens is 4. The first-order valence-corrected chi connectivity index (χ1v) is 15.1. The zero-order valence-electron chi connectivity index (χ0n) is 24.1. The van der Waals surface area contributed by atoms with Crippen molar-refractivity contribution in [1.82, 2.24) is 10.9 Å². The Kier molecular flexibility index (Phi) is 10.7. The molecule has 2 atom stereocenters. The first kappa shape index (κ1) is 32.4. The molecule has 0 aliphatic carbocycles. The molecular formula is C34H31Cl2F2N3O4. The molecule has 0 unspecified atom stereocenters. The van der Waals surface area contributed by atoms with Gasteiger partial charge in [0.05, 0.1) is 6.61 Å². The number of hydrazine groups is 1. The molecule has 11 heteroatoms. The predicted octanol–water partition coefficient (Wildman–Crippen LogP) is 6.40. The number of aliphatic hydroxyl groups is 1. The summed E-state index contributed by atoms with van der Waals surface area (Å²) >= 11 is 12.9. The van der Waals surface area contributed by atoms with E-state index in [4.69, 9.17) is 42.8 Å². The standard InChI is InChI=1S/C34H31Cl2F2N3O4/c35-25-9-12-29(30(36)19-25)31-34(21-22-5-2-1-3-6-22,33(43)41-39-14-13-23-17-26(37)20-27(38)18-23)40-32(45-31)24-7-10-28(11-8-24)44-16-4-15-42/h1-3,5-12,17-20,31,39,42H,4,13-16,21H2,(H,41,43)/t31-,34-/m0/s1. The number of hydrogen-bond donors (Lipinski definition) is 3. The van der Waals surface area contributed by atoms with Crippen LogP contribution in [0.1, 0.15) is 34.8 Å². The predicted molar refractivity (Wildman–Crippen MR) is 170 cm³/mol. The van der Waals surface area contributed by atoms with E-state index in [0.717, 1.165) is 11.6 Å². The van der Waals surface area contributed by atoms with Gasteiger partial charge in [0, 0.05) is 53.2 Å². The van der Waals surface area contributed by atoms with Crippen LogP contribution in [0.5, 0.6) is 5.75 Å². The third-order valence-electron chi connectivity index (χ3n) is 7.25. The third kappa shape index (κ3) is 7.99. The Morgan fingerprint density at radius 2 is 1.69 bits per heavy atom. The number of amides is 1. The average Bonchev–Trinajstić information content (AvgIpc) is 3.39. The summed E-state index contributed by atoms with van der Waals surface area (Å²) in [4.78, 5) is 19.2. The minimum atomic E-state index is -1.53. The van der Waals surface area contributed by atoms with Crippen molar-refractivity contribution in [3.63, 3.8) is 0 Å². The van der Waals surface area contributed by atoms with Gasteiger partial charge in [-0.05, 0) is 66.1 Å². The van der Waals surface area contributed by atoms with Crippen LogP contribution in [-0.4, -0.2) is 42.2 Å². The van der Waals surface area contributed by atoms with Crippen LogP contribution in [0.4, 0.5) is 8.78 Å². The highest BCUT2D eigenvalue weighted by Gasteiger charge is 2.54. The number of nitrogens with zero attached hydrogens (tertiary/aromatic N) is 1. The van der Waals surface area contributed by atoms with Gasteiger partial charge in [-0.2, -0.15) is 0 Å². The van der Waals surface area contributed by atoms with Crippen LogP contribution in [0.2, 0.25) is 10.0 Å². The molecule has 1 amide bonds. The Hall–Kier alpha value is -4.02. The smallest absolute Gasteiger partial charge is 0.266 e. The second-order valence-electron chi connectivity index (χ2n) is 10.5. The quantitative estimate of drug-likeness (QED) is 0.115. The zero-order valence-corrected chi connectivity index (χ0v) is 25.6. The highest BCUT2D eigenvalue weighted by atomic mass is 35.5. The van der Waals surface area contributed by atoms with Gasteiger partial charge in [0.1, 0.15) is 17.4 Å². The molecule has 1 heterocycles. The minimum absolute atomic E-state index is 0.0289. The lowest BCUT2D eigenvalue weighted by Gasteiger charge is -2.31. The average molecular weight is 655 g/mol. The van der Waals surface area contributed by atoms with Crippen LogP contribution in [0.15, 0.2) is 96.0 Å². The number of benzene rings is 4. The molecule has 1 aliphatic rings. The first-order valence-electron chi connectivity index (χ1n) is 14.3. The lowest BCUT2D eigenvalue weighted by molar-refractivity contribution is -0.130. The van der Waals surface area contributed by atoms with Gasteiger partial charge in [0.15, 0.2) is 11.6 Å². The summed E-state index contributed by atoms with van der Waals surface area (Å²) in [5, 5.41) is 9.76. The number of ether oxygens (including phenoxy) is 2. The van der Waals surface area contributed by atoms with Crippen LogP contribution in [0, 0.1) is 11.6 Å². The Bertz CT molecular complexity index is 1640. The van der Waals surface area contributed by atoms with Gasteiger partial charge in [-0.1, -0.05) is 59.6 Å². The van der Waals surface area contributed by atoms with Gasteiger partial charge < -0.3 is 14.6 Å². The number of carbonyl (C=O) groups is 1. The van der Waals surface area contributed by atoms with E-state index in [-0.39, 0.29) is 31.9 Å². The molecule has 0 spiro atoms. The molecule has 4 aromatic carbocycles. The van der Waals surface area contributed by atoms with Gasteiger partial charge in [-0.25, -0.2) is 19.2 Å². The van der Waals surface area contributed by atoms with Crippen molar-refractivity contribution in [2.75, 3.05) is 19.8 Å². The molecule has 0 aromatic heterocycles. The van der Waals surface area contributed by atoms with E-state index < -0.39 is 29.2 Å². The van der Waals surface area contributed by atoms with Gasteiger partial charge in [0.2, 0.25) is 5.90 Å². The summed E-state index contributed by atoms with van der Waals surface area (Å²) in [5.74, 6) is -0.999. The van der Waals surface area contributed by atoms with Crippen molar-refractivity contribution in [3.05, 3.63) is 135 Å². The van der Waals surface area contributed by atoms with Crippen molar-refractivity contribution in [2.24, 2.45) is 4.99 Å². The molecular weight excluding hydrogens is 623 g/mol. The van der Waals surface area contributed by atoms with E-state index >= 15 is 0 Å². The summed E-state index contributed by atoms with van der Waals surface area (Å²) < 4.78 is 39.5. The highest BCUT2D eigenvalue weighted by molar-refractivity contribution is 6.35. The van der Waals surface area contributed by atoms with Crippen molar-refractivity contribution in [2.45, 2.75) is 30.9 Å². The van der Waals surface area contributed by atoms with Crippen molar-refractivity contribution >= 4 is 35.0 Å². The largest absolute Gasteiger partial charge is 0.494 e. The number of rotatable bonds is 13. The summed E-state index contributed by atoms with van der Waals surface area (Å²) in [6, 6.07) is 24.8. The van der Waals surface area contributed by atoms with Crippen LogP contribution >= 0.6 is 23.2 Å². The van der Waals surface area contributed by atoms with Crippen molar-refractivity contribution in [3.8, 4) is 5.75 Å². The van der Waals surface area contributed by atoms with Crippen LogP contribution in [-0.2, 0) is 22.4 Å². The molecule has 5 rings (SSSR count). The Morgan fingerprint density at radius 3 is 2.38 bits per heavy atom. The van der Waals surface area contributed by atoms with Crippen LogP contribution in [0.3, 0.4) is 0 Å². The van der Waals surface area contributed by atoms with E-state index in [9.17, 15) is 13.6 Å². The zero-order chi connectivity index (χ0) is 31.8. The van der Waals surface area contributed by atoms with E-state index in [1.807, 2.05) is 30.3 Å². The maximum absolute atomic E-state index is 14.2. The highest BCUT2D eigenvalue weighted by Crippen LogP contribution is 2.45. The molecule has 45 heavy (non-hydrogen) atoms. The Labute approximate surface area is 269 Å². The molecule has 0 fully saturated rings. The monoisotopic (exact) mass is 653 g/mol. The number of nitrogens with one attached hydrogen (secondary N) is 2. The van der Waals surface area contributed by atoms with E-state index in [2.05, 4.69) is 10.9 Å². The summed E-state index contributed by atoms with van der Waals surface area (Å²) in [5.41, 5.74) is 6.51. The van der Waals surface area contributed by atoms with Crippen LogP contribution in [0.25, 0.3) is 0 Å². The summed E-state index contributed by atoms with van der Waals surface area (Å²) in [6.45, 7) is 0.588. The SMILES string of the molecule is O=C(NNCCc1cc(F)cc(F)c1)[C@@]1(Cc2ccccc2)N=C(c2ccc(OCCCO)cc2)O[C@H]1c1ccc(Cl)cc1Cl. The molecule has 7 nitrogen and oxygen atoms in total. The Morgan fingerprint density at radius 1 is 0.956 bits per heavy atom. The molecule has 0 saturated heterocycles.